The number of hydrogen-bond acceptors (Lipinski definition) is 2. The minimum atomic E-state index is -0.138. The van der Waals surface area contributed by atoms with Crippen LogP contribution < -0.4 is 10.6 Å². The number of halogens is 1. The Balaban J connectivity index is 3.16. The van der Waals surface area contributed by atoms with Crippen LogP contribution in [0.15, 0.2) is 18.2 Å². The maximum absolute atomic E-state index is 14.2. The predicted octanol–water partition coefficient (Wildman–Crippen LogP) is 3.98. The van der Waals surface area contributed by atoms with Gasteiger partial charge < -0.3 is 10.6 Å². The van der Waals surface area contributed by atoms with Crippen LogP contribution in [0, 0.1) is 11.7 Å². The van der Waals surface area contributed by atoms with Gasteiger partial charge in [-0.15, -0.1) is 0 Å². The minimum Gasteiger partial charge on any atom is -0.369 e. The van der Waals surface area contributed by atoms with E-state index >= 15 is 0 Å². The Bertz CT molecular complexity index is 415. The van der Waals surface area contributed by atoms with Crippen molar-refractivity contribution in [1.82, 2.24) is 0 Å². The zero-order chi connectivity index (χ0) is 15.3. The van der Waals surface area contributed by atoms with Gasteiger partial charge in [0.2, 0.25) is 0 Å². The van der Waals surface area contributed by atoms with E-state index in [4.69, 9.17) is 5.73 Å². The Labute approximate surface area is 123 Å². The Kier molecular flexibility index (Phi) is 6.47. The lowest BCUT2D eigenvalue weighted by atomic mass is 10.00. The second-order valence-corrected chi connectivity index (χ2v) is 6.25. The number of anilines is 1. The van der Waals surface area contributed by atoms with Gasteiger partial charge in [-0.05, 0) is 44.7 Å². The summed E-state index contributed by atoms with van der Waals surface area (Å²) in [5.41, 5.74) is 7.79. The highest BCUT2D eigenvalue weighted by atomic mass is 19.1. The summed E-state index contributed by atoms with van der Waals surface area (Å²) in [4.78, 5) is 2.28. The highest BCUT2D eigenvalue weighted by molar-refractivity contribution is 5.55. The molecule has 1 rings (SSSR count). The van der Waals surface area contributed by atoms with Gasteiger partial charge in [0.25, 0.3) is 0 Å². The van der Waals surface area contributed by atoms with E-state index in [-0.39, 0.29) is 11.9 Å². The summed E-state index contributed by atoms with van der Waals surface area (Å²) >= 11 is 0. The first-order valence-corrected chi connectivity index (χ1v) is 7.66. The first kappa shape index (κ1) is 17.0. The lowest BCUT2D eigenvalue weighted by molar-refractivity contribution is 0.551. The molecule has 1 aromatic rings. The van der Waals surface area contributed by atoms with Gasteiger partial charge in [-0.3, -0.25) is 0 Å². The monoisotopic (exact) mass is 280 g/mol. The van der Waals surface area contributed by atoms with Gasteiger partial charge in [-0.1, -0.05) is 26.8 Å². The summed E-state index contributed by atoms with van der Waals surface area (Å²) in [5, 5.41) is 0. The summed E-state index contributed by atoms with van der Waals surface area (Å²) in [5.74, 6) is 0.397. The van der Waals surface area contributed by atoms with Crippen LogP contribution in [0.1, 0.15) is 46.6 Å². The maximum Gasteiger partial charge on any atom is 0.128 e. The molecule has 1 aromatic carbocycles. The van der Waals surface area contributed by atoms with Crippen LogP contribution in [0.2, 0.25) is 0 Å². The first-order valence-electron chi connectivity index (χ1n) is 7.66. The highest BCUT2D eigenvalue weighted by Crippen LogP contribution is 2.27. The van der Waals surface area contributed by atoms with Crippen LogP contribution in [-0.2, 0) is 6.42 Å². The van der Waals surface area contributed by atoms with Crippen LogP contribution in [0.4, 0.5) is 10.1 Å². The Morgan fingerprint density at radius 2 is 1.85 bits per heavy atom. The van der Waals surface area contributed by atoms with E-state index in [2.05, 4.69) is 32.6 Å². The van der Waals surface area contributed by atoms with Crippen molar-refractivity contribution in [2.75, 3.05) is 11.4 Å². The van der Waals surface area contributed by atoms with Crippen molar-refractivity contribution in [3.63, 3.8) is 0 Å². The molecule has 0 aromatic heterocycles. The second-order valence-electron chi connectivity index (χ2n) is 6.25. The van der Waals surface area contributed by atoms with Crippen LogP contribution in [0.5, 0.6) is 0 Å². The molecule has 0 fully saturated rings. The molecule has 1 unspecified atom stereocenters. The molecule has 0 radical (unpaired) electrons. The molecule has 0 saturated carbocycles. The zero-order valence-electron chi connectivity index (χ0n) is 13.5. The molecule has 1 atom stereocenters. The van der Waals surface area contributed by atoms with Gasteiger partial charge in [-0.25, -0.2) is 4.39 Å². The molecule has 0 aliphatic carbocycles. The van der Waals surface area contributed by atoms with E-state index in [9.17, 15) is 4.39 Å². The van der Waals surface area contributed by atoms with Gasteiger partial charge in [0.1, 0.15) is 5.82 Å². The van der Waals surface area contributed by atoms with Gasteiger partial charge >= 0.3 is 0 Å². The maximum atomic E-state index is 14.2. The molecule has 114 valence electrons. The molecule has 0 spiro atoms. The van der Waals surface area contributed by atoms with Crippen molar-refractivity contribution >= 4 is 5.69 Å². The Morgan fingerprint density at radius 3 is 2.35 bits per heavy atom. The molecule has 3 heteroatoms. The molecule has 0 aliphatic heterocycles. The van der Waals surface area contributed by atoms with Gasteiger partial charge in [0.05, 0.1) is 0 Å². The predicted molar refractivity (Wildman–Crippen MR) is 85.7 cm³/mol. The molecular weight excluding hydrogens is 251 g/mol. The van der Waals surface area contributed by atoms with Gasteiger partial charge in [0, 0.05) is 29.9 Å². The fourth-order valence-corrected chi connectivity index (χ4v) is 2.41. The summed E-state index contributed by atoms with van der Waals surface area (Å²) in [6.07, 6.45) is 1.46. The lowest BCUT2D eigenvalue weighted by Crippen LogP contribution is -2.35. The summed E-state index contributed by atoms with van der Waals surface area (Å²) in [7, 11) is 0. The topological polar surface area (TPSA) is 29.3 Å². The lowest BCUT2D eigenvalue weighted by Gasteiger charge is -2.33. The van der Waals surface area contributed by atoms with Crippen LogP contribution >= 0.6 is 0 Å². The van der Waals surface area contributed by atoms with E-state index in [1.54, 1.807) is 6.07 Å². The summed E-state index contributed by atoms with van der Waals surface area (Å²) < 4.78 is 14.2. The summed E-state index contributed by atoms with van der Waals surface area (Å²) in [6, 6.07) is 5.70. The molecule has 0 heterocycles. The van der Waals surface area contributed by atoms with Gasteiger partial charge in [-0.2, -0.15) is 0 Å². The van der Waals surface area contributed by atoms with Crippen molar-refractivity contribution in [1.29, 1.82) is 0 Å². The molecule has 2 nitrogen and oxygen atoms in total. The Morgan fingerprint density at radius 1 is 1.20 bits per heavy atom. The highest BCUT2D eigenvalue weighted by Gasteiger charge is 2.19. The molecule has 0 saturated heterocycles. The standard InChI is InChI=1S/C17H29FN2/c1-6-14(19)10-15-16(18)8-7-9-17(15)20(13(4)5)11-12(2)3/h7-9,12-14H,6,10-11,19H2,1-5H3. The average molecular weight is 280 g/mol. The third-order valence-electron chi connectivity index (χ3n) is 3.58. The van der Waals surface area contributed by atoms with E-state index in [1.165, 1.54) is 6.07 Å². The number of hydrogen-bond donors (Lipinski definition) is 1. The zero-order valence-corrected chi connectivity index (χ0v) is 13.5. The molecular formula is C17H29FN2. The van der Waals surface area contributed by atoms with Crippen LogP contribution in [-0.4, -0.2) is 18.6 Å². The van der Waals surface area contributed by atoms with Crippen LogP contribution in [0.3, 0.4) is 0 Å². The normalized spacial score (nSPS) is 13.1. The van der Waals surface area contributed by atoms with E-state index in [0.717, 1.165) is 24.2 Å². The largest absolute Gasteiger partial charge is 0.369 e. The number of nitrogens with two attached hydrogens (primary N) is 1. The molecule has 20 heavy (non-hydrogen) atoms. The van der Waals surface area contributed by atoms with Crippen molar-refractivity contribution < 1.29 is 4.39 Å². The SMILES string of the molecule is CCC(N)Cc1c(F)cccc1N(CC(C)C)C(C)C. The Hall–Kier alpha value is -1.09. The van der Waals surface area contributed by atoms with Gasteiger partial charge in [0.15, 0.2) is 0 Å². The fourth-order valence-electron chi connectivity index (χ4n) is 2.41. The molecule has 0 bridgehead atoms. The van der Waals surface area contributed by atoms with E-state index < -0.39 is 0 Å². The molecule has 0 amide bonds. The van der Waals surface area contributed by atoms with E-state index in [1.807, 2.05) is 13.0 Å². The van der Waals surface area contributed by atoms with Crippen molar-refractivity contribution in [3.05, 3.63) is 29.6 Å². The van der Waals surface area contributed by atoms with Crippen molar-refractivity contribution in [2.45, 2.75) is 59.5 Å². The van der Waals surface area contributed by atoms with E-state index in [0.29, 0.717) is 18.4 Å². The quantitative estimate of drug-likeness (QED) is 0.818. The number of rotatable bonds is 7. The third-order valence-corrected chi connectivity index (χ3v) is 3.58. The fraction of sp³-hybridized carbons (Fsp3) is 0.647. The molecule has 2 N–H and O–H groups in total. The first-order chi connectivity index (χ1) is 9.36. The summed E-state index contributed by atoms with van der Waals surface area (Å²) in [6.45, 7) is 11.6. The number of nitrogens with zero attached hydrogens (tertiary/aromatic N) is 1. The minimum absolute atomic E-state index is 0.0127. The third kappa shape index (κ3) is 4.48. The second kappa shape index (κ2) is 7.63. The smallest absolute Gasteiger partial charge is 0.128 e. The average Bonchev–Trinajstić information content (AvgIpc) is 2.37. The van der Waals surface area contributed by atoms with Crippen molar-refractivity contribution in [3.8, 4) is 0 Å². The van der Waals surface area contributed by atoms with Crippen molar-refractivity contribution in [2.24, 2.45) is 11.7 Å². The number of benzene rings is 1. The molecule has 0 aliphatic rings. The van der Waals surface area contributed by atoms with Crippen LogP contribution in [0.25, 0.3) is 0 Å².